The van der Waals surface area contributed by atoms with E-state index in [4.69, 9.17) is 0 Å². The van der Waals surface area contributed by atoms with Gasteiger partial charge in [-0.2, -0.15) is 0 Å². The number of aryl methyl sites for hydroxylation is 2. The zero-order chi connectivity index (χ0) is 17.4. The highest BCUT2D eigenvalue weighted by Gasteiger charge is 2.32. The van der Waals surface area contributed by atoms with Gasteiger partial charge >= 0.3 is 0 Å². The summed E-state index contributed by atoms with van der Waals surface area (Å²) in [5.41, 5.74) is 6.09. The minimum Gasteiger partial charge on any atom is -0.337 e. The van der Waals surface area contributed by atoms with Gasteiger partial charge in [0.1, 0.15) is 0 Å². The van der Waals surface area contributed by atoms with Gasteiger partial charge < -0.3 is 4.90 Å². The van der Waals surface area contributed by atoms with Crippen LogP contribution < -0.4 is 0 Å². The quantitative estimate of drug-likeness (QED) is 0.838. The van der Waals surface area contributed by atoms with E-state index in [1.54, 1.807) is 0 Å². The second kappa shape index (κ2) is 6.64. The number of hydrogen-bond acceptors (Lipinski definition) is 2. The summed E-state index contributed by atoms with van der Waals surface area (Å²) in [6, 6.07) is 15.4. The Hall–Kier alpha value is -2.13. The molecule has 1 fully saturated rings. The van der Waals surface area contributed by atoms with E-state index in [0.29, 0.717) is 6.04 Å². The summed E-state index contributed by atoms with van der Waals surface area (Å²) in [7, 11) is 0. The molecule has 0 spiro atoms. The van der Waals surface area contributed by atoms with Crippen LogP contribution in [0.2, 0.25) is 0 Å². The lowest BCUT2D eigenvalue weighted by Gasteiger charge is -2.33. The van der Waals surface area contributed by atoms with E-state index in [-0.39, 0.29) is 5.91 Å². The van der Waals surface area contributed by atoms with Crippen molar-refractivity contribution in [2.75, 3.05) is 19.6 Å². The lowest BCUT2D eigenvalue weighted by molar-refractivity contribution is 0.0773. The summed E-state index contributed by atoms with van der Waals surface area (Å²) >= 11 is 0. The molecule has 2 aliphatic heterocycles. The molecule has 1 amide bonds. The van der Waals surface area contributed by atoms with E-state index in [2.05, 4.69) is 49.1 Å². The molecule has 0 aromatic heterocycles. The van der Waals surface area contributed by atoms with E-state index < -0.39 is 0 Å². The fourth-order valence-corrected chi connectivity index (χ4v) is 4.33. The SMILES string of the molecule is Cc1cc(C)cc(C(=O)N2CCC(N3CCc4ccccc4C3)C2)c1. The van der Waals surface area contributed by atoms with E-state index in [9.17, 15) is 4.79 Å². The molecule has 3 heteroatoms. The van der Waals surface area contributed by atoms with Crippen molar-refractivity contribution in [3.05, 3.63) is 70.3 Å². The number of carbonyl (C=O) groups is 1. The van der Waals surface area contributed by atoms with Crippen LogP contribution in [0.4, 0.5) is 0 Å². The Labute approximate surface area is 150 Å². The molecule has 2 aromatic rings. The van der Waals surface area contributed by atoms with Crippen LogP contribution in [0.5, 0.6) is 0 Å². The molecule has 1 unspecified atom stereocenters. The second-order valence-corrected chi connectivity index (χ2v) is 7.56. The van der Waals surface area contributed by atoms with E-state index in [0.717, 1.165) is 55.7 Å². The number of benzene rings is 2. The topological polar surface area (TPSA) is 23.6 Å². The van der Waals surface area contributed by atoms with Gasteiger partial charge in [0.25, 0.3) is 5.91 Å². The monoisotopic (exact) mass is 334 g/mol. The standard InChI is InChI=1S/C22H26N2O/c1-16-11-17(2)13-20(12-16)22(25)24-10-8-21(15-24)23-9-7-18-5-3-4-6-19(18)14-23/h3-6,11-13,21H,7-10,14-15H2,1-2H3. The van der Waals surface area contributed by atoms with Crippen molar-refractivity contribution in [1.29, 1.82) is 0 Å². The number of rotatable bonds is 2. The molecule has 0 saturated carbocycles. The summed E-state index contributed by atoms with van der Waals surface area (Å²) in [4.78, 5) is 17.5. The first-order valence-electron chi connectivity index (χ1n) is 9.28. The largest absolute Gasteiger partial charge is 0.337 e. The van der Waals surface area contributed by atoms with Gasteiger partial charge in [-0.1, -0.05) is 41.5 Å². The maximum absolute atomic E-state index is 12.9. The molecular weight excluding hydrogens is 308 g/mol. The van der Waals surface area contributed by atoms with Gasteiger partial charge in [-0.3, -0.25) is 9.69 Å². The average molecular weight is 334 g/mol. The number of nitrogens with zero attached hydrogens (tertiary/aromatic N) is 2. The number of carbonyl (C=O) groups excluding carboxylic acids is 1. The van der Waals surface area contributed by atoms with Crippen LogP contribution in [0.15, 0.2) is 42.5 Å². The van der Waals surface area contributed by atoms with Crippen molar-refractivity contribution < 1.29 is 4.79 Å². The molecular formula is C22H26N2O. The Morgan fingerprint density at radius 1 is 1.00 bits per heavy atom. The Morgan fingerprint density at radius 2 is 1.72 bits per heavy atom. The Balaban J connectivity index is 1.44. The third kappa shape index (κ3) is 3.34. The van der Waals surface area contributed by atoms with Crippen LogP contribution in [-0.2, 0) is 13.0 Å². The maximum atomic E-state index is 12.9. The number of hydrogen-bond donors (Lipinski definition) is 0. The molecule has 0 radical (unpaired) electrons. The zero-order valence-electron chi connectivity index (χ0n) is 15.2. The van der Waals surface area contributed by atoms with Crippen LogP contribution in [0.3, 0.4) is 0 Å². The Bertz CT molecular complexity index is 778. The molecule has 1 atom stereocenters. The van der Waals surface area contributed by atoms with Crippen LogP contribution >= 0.6 is 0 Å². The zero-order valence-corrected chi connectivity index (χ0v) is 15.2. The molecule has 130 valence electrons. The van der Waals surface area contributed by atoms with E-state index in [1.165, 1.54) is 11.1 Å². The molecule has 2 aromatic carbocycles. The lowest BCUT2D eigenvalue weighted by atomic mass is 9.98. The van der Waals surface area contributed by atoms with Gasteiger partial charge in [0.2, 0.25) is 0 Å². The summed E-state index contributed by atoms with van der Waals surface area (Å²) in [5, 5.41) is 0. The highest BCUT2D eigenvalue weighted by molar-refractivity contribution is 5.94. The fourth-order valence-electron chi connectivity index (χ4n) is 4.33. The van der Waals surface area contributed by atoms with Gasteiger partial charge in [0.15, 0.2) is 0 Å². The van der Waals surface area contributed by atoms with E-state index >= 15 is 0 Å². The Kier molecular flexibility index (Phi) is 4.34. The first-order chi connectivity index (χ1) is 12.1. The molecule has 25 heavy (non-hydrogen) atoms. The highest BCUT2D eigenvalue weighted by Crippen LogP contribution is 2.25. The fraction of sp³-hybridized carbons (Fsp3) is 0.409. The highest BCUT2D eigenvalue weighted by atomic mass is 16.2. The van der Waals surface area contributed by atoms with Crippen molar-refractivity contribution in [1.82, 2.24) is 9.80 Å². The van der Waals surface area contributed by atoms with Crippen LogP contribution in [0.1, 0.15) is 39.0 Å². The van der Waals surface area contributed by atoms with Crippen molar-refractivity contribution in [2.24, 2.45) is 0 Å². The average Bonchev–Trinajstić information content (AvgIpc) is 3.10. The molecule has 2 heterocycles. The van der Waals surface area contributed by atoms with Crippen LogP contribution in [0.25, 0.3) is 0 Å². The molecule has 4 rings (SSSR count). The van der Waals surface area contributed by atoms with Gasteiger partial charge in [-0.15, -0.1) is 0 Å². The molecule has 2 aliphatic rings. The second-order valence-electron chi connectivity index (χ2n) is 7.56. The Morgan fingerprint density at radius 3 is 2.48 bits per heavy atom. The summed E-state index contributed by atoms with van der Waals surface area (Å²) in [5.74, 6) is 0.187. The summed E-state index contributed by atoms with van der Waals surface area (Å²) in [6.45, 7) is 7.96. The lowest BCUT2D eigenvalue weighted by Crippen LogP contribution is -2.41. The van der Waals surface area contributed by atoms with Gasteiger partial charge in [0, 0.05) is 37.8 Å². The smallest absolute Gasteiger partial charge is 0.253 e. The predicted octanol–water partition coefficient (Wildman–Crippen LogP) is 3.58. The number of likely N-dealkylation sites (tertiary alicyclic amines) is 1. The molecule has 1 saturated heterocycles. The first-order valence-corrected chi connectivity index (χ1v) is 9.28. The maximum Gasteiger partial charge on any atom is 0.253 e. The third-order valence-corrected chi connectivity index (χ3v) is 5.60. The molecule has 0 aliphatic carbocycles. The van der Waals surface area contributed by atoms with Crippen molar-refractivity contribution >= 4 is 5.91 Å². The molecule has 3 nitrogen and oxygen atoms in total. The van der Waals surface area contributed by atoms with Gasteiger partial charge in [0.05, 0.1) is 0 Å². The van der Waals surface area contributed by atoms with Gasteiger partial charge in [-0.25, -0.2) is 0 Å². The number of fused-ring (bicyclic) bond motifs is 1. The molecule has 0 bridgehead atoms. The van der Waals surface area contributed by atoms with Crippen molar-refractivity contribution in [3.8, 4) is 0 Å². The van der Waals surface area contributed by atoms with Crippen LogP contribution in [-0.4, -0.2) is 41.4 Å². The van der Waals surface area contributed by atoms with Gasteiger partial charge in [-0.05, 0) is 49.9 Å². The first kappa shape index (κ1) is 16.3. The normalized spacial score (nSPS) is 20.6. The molecule has 0 N–H and O–H groups in total. The predicted molar refractivity (Wildman–Crippen MR) is 101 cm³/mol. The summed E-state index contributed by atoms with van der Waals surface area (Å²) in [6.07, 6.45) is 2.20. The minimum absolute atomic E-state index is 0.187. The van der Waals surface area contributed by atoms with Crippen molar-refractivity contribution in [3.63, 3.8) is 0 Å². The summed E-state index contributed by atoms with van der Waals surface area (Å²) < 4.78 is 0. The van der Waals surface area contributed by atoms with Crippen molar-refractivity contribution in [2.45, 2.75) is 39.3 Å². The number of amides is 1. The van der Waals surface area contributed by atoms with Crippen LogP contribution in [0, 0.1) is 13.8 Å². The third-order valence-electron chi connectivity index (χ3n) is 5.60. The van der Waals surface area contributed by atoms with E-state index in [1.807, 2.05) is 17.0 Å². The minimum atomic E-state index is 0.187.